The smallest absolute Gasteiger partial charge is 0.243 e. The zero-order valence-electron chi connectivity index (χ0n) is 24.3. The van der Waals surface area contributed by atoms with E-state index in [-0.39, 0.29) is 37.4 Å². The minimum Gasteiger partial charge on any atom is -0.352 e. The van der Waals surface area contributed by atoms with Gasteiger partial charge in [-0.1, -0.05) is 89.4 Å². The summed E-state index contributed by atoms with van der Waals surface area (Å²) >= 11 is 3.48. The Labute approximate surface area is 258 Å². The van der Waals surface area contributed by atoms with Gasteiger partial charge in [-0.05, 0) is 61.1 Å². The Bertz CT molecular complexity index is 1440. The summed E-state index contributed by atoms with van der Waals surface area (Å²) in [5, 5.41) is 3.22. The molecule has 0 radical (unpaired) electrons. The van der Waals surface area contributed by atoms with Crippen molar-refractivity contribution in [2.45, 2.75) is 70.5 Å². The molecule has 0 unspecified atom stereocenters. The lowest BCUT2D eigenvalue weighted by atomic mass is 10.0. The van der Waals surface area contributed by atoms with Crippen LogP contribution < -0.4 is 9.62 Å². The van der Waals surface area contributed by atoms with E-state index in [9.17, 15) is 18.0 Å². The van der Waals surface area contributed by atoms with Gasteiger partial charge in [0.2, 0.25) is 21.8 Å². The van der Waals surface area contributed by atoms with Crippen LogP contribution in [-0.2, 0) is 32.6 Å². The Kier molecular flexibility index (Phi) is 11.2. The lowest BCUT2D eigenvalue weighted by Crippen LogP contribution is -2.52. The van der Waals surface area contributed by atoms with Crippen molar-refractivity contribution < 1.29 is 18.0 Å². The molecule has 0 bridgehead atoms. The molecule has 3 aromatic rings. The van der Waals surface area contributed by atoms with Gasteiger partial charge in [0.15, 0.2) is 0 Å². The summed E-state index contributed by atoms with van der Waals surface area (Å²) in [6, 6.07) is 24.3. The molecule has 0 aliphatic heterocycles. The summed E-state index contributed by atoms with van der Waals surface area (Å²) in [7, 11) is -3.56. The molecule has 0 heterocycles. The van der Waals surface area contributed by atoms with E-state index in [1.807, 2.05) is 79.7 Å². The summed E-state index contributed by atoms with van der Waals surface area (Å²) in [4.78, 5) is 29.5. The molecule has 224 valence electrons. The first-order chi connectivity index (χ1) is 20.1. The molecular weight excluding hydrogens is 614 g/mol. The average Bonchev–Trinajstić information content (AvgIpc) is 3.47. The summed E-state index contributed by atoms with van der Waals surface area (Å²) < 4.78 is 27.7. The molecule has 0 saturated heterocycles. The molecule has 1 aliphatic rings. The number of carbonyl (C=O) groups excluding carboxylic acids is 2. The predicted octanol–water partition coefficient (Wildman–Crippen LogP) is 6.00. The second-order valence-electron chi connectivity index (χ2n) is 11.1. The molecule has 1 saturated carbocycles. The van der Waals surface area contributed by atoms with E-state index >= 15 is 0 Å². The first kappa shape index (κ1) is 31.8. The normalized spacial score (nSPS) is 14.4. The highest BCUT2D eigenvalue weighted by Gasteiger charge is 2.32. The monoisotopic (exact) mass is 653 g/mol. The van der Waals surface area contributed by atoms with Gasteiger partial charge in [-0.3, -0.25) is 13.9 Å². The highest BCUT2D eigenvalue weighted by molar-refractivity contribution is 9.10. The molecule has 0 aromatic heterocycles. The first-order valence-electron chi connectivity index (χ1n) is 14.5. The third-order valence-corrected chi connectivity index (χ3v) is 9.48. The van der Waals surface area contributed by atoms with Crippen LogP contribution in [-0.4, -0.2) is 50.0 Å². The number of amides is 2. The van der Waals surface area contributed by atoms with E-state index in [2.05, 4.69) is 21.2 Å². The van der Waals surface area contributed by atoms with Gasteiger partial charge in [-0.2, -0.15) is 0 Å². The van der Waals surface area contributed by atoms with E-state index in [4.69, 9.17) is 0 Å². The maximum Gasteiger partial charge on any atom is 0.243 e. The van der Waals surface area contributed by atoms with Gasteiger partial charge < -0.3 is 10.2 Å². The average molecular weight is 655 g/mol. The molecule has 1 fully saturated rings. The first-order valence-corrected chi connectivity index (χ1v) is 17.2. The SMILES string of the molecule is Cc1ccccc1N(CCCC(=O)N(Cc1ccc(Br)cc1)[C@@H](Cc1ccccc1)C(=O)NC1CCCC1)S(C)(=O)=O. The van der Waals surface area contributed by atoms with Crippen molar-refractivity contribution in [3.05, 3.63) is 100 Å². The number of para-hydroxylation sites is 1. The van der Waals surface area contributed by atoms with Gasteiger partial charge in [0.1, 0.15) is 6.04 Å². The summed E-state index contributed by atoms with van der Waals surface area (Å²) in [6.07, 6.45) is 6.08. The molecule has 42 heavy (non-hydrogen) atoms. The molecule has 9 heteroatoms. The second-order valence-corrected chi connectivity index (χ2v) is 13.9. The minimum absolute atomic E-state index is 0.108. The zero-order valence-corrected chi connectivity index (χ0v) is 26.7. The fraction of sp³-hybridized carbons (Fsp3) is 0.394. The van der Waals surface area contributed by atoms with Crippen LogP contribution in [0.2, 0.25) is 0 Å². The van der Waals surface area contributed by atoms with E-state index in [0.29, 0.717) is 18.5 Å². The van der Waals surface area contributed by atoms with Crippen LogP contribution in [0.1, 0.15) is 55.2 Å². The molecule has 1 N–H and O–H groups in total. The molecule has 1 aliphatic carbocycles. The number of aryl methyl sites for hydroxylation is 1. The maximum atomic E-state index is 14.0. The Morgan fingerprint density at radius 2 is 1.57 bits per heavy atom. The van der Waals surface area contributed by atoms with Crippen LogP contribution in [0.4, 0.5) is 5.69 Å². The van der Waals surface area contributed by atoms with Crippen LogP contribution in [0.3, 0.4) is 0 Å². The Morgan fingerprint density at radius 3 is 2.21 bits per heavy atom. The number of hydrogen-bond donors (Lipinski definition) is 1. The number of hydrogen-bond acceptors (Lipinski definition) is 4. The van der Waals surface area contributed by atoms with Crippen molar-refractivity contribution in [3.63, 3.8) is 0 Å². The molecule has 1 atom stereocenters. The maximum absolute atomic E-state index is 14.0. The summed E-state index contributed by atoms with van der Waals surface area (Å²) in [5.74, 6) is -0.326. The lowest BCUT2D eigenvalue weighted by Gasteiger charge is -2.33. The molecule has 7 nitrogen and oxygen atoms in total. The van der Waals surface area contributed by atoms with Crippen molar-refractivity contribution in [2.24, 2.45) is 0 Å². The third kappa shape index (κ3) is 8.91. The van der Waals surface area contributed by atoms with Crippen LogP contribution in [0, 0.1) is 6.92 Å². The van der Waals surface area contributed by atoms with Crippen molar-refractivity contribution in [2.75, 3.05) is 17.1 Å². The number of nitrogens with one attached hydrogen (secondary N) is 1. The van der Waals surface area contributed by atoms with Crippen molar-refractivity contribution in [1.29, 1.82) is 0 Å². The van der Waals surface area contributed by atoms with Crippen LogP contribution >= 0.6 is 15.9 Å². The van der Waals surface area contributed by atoms with Gasteiger partial charge in [0, 0.05) is 36.4 Å². The number of halogens is 1. The van der Waals surface area contributed by atoms with Gasteiger partial charge >= 0.3 is 0 Å². The van der Waals surface area contributed by atoms with Gasteiger partial charge in [-0.15, -0.1) is 0 Å². The topological polar surface area (TPSA) is 86.8 Å². The van der Waals surface area contributed by atoms with Crippen molar-refractivity contribution >= 4 is 43.5 Å². The predicted molar refractivity (Wildman–Crippen MR) is 172 cm³/mol. The number of carbonyl (C=O) groups is 2. The van der Waals surface area contributed by atoms with Crippen LogP contribution in [0.15, 0.2) is 83.3 Å². The molecule has 2 amide bonds. The largest absolute Gasteiger partial charge is 0.352 e. The highest BCUT2D eigenvalue weighted by atomic mass is 79.9. The Hall–Kier alpha value is -3.17. The van der Waals surface area contributed by atoms with Gasteiger partial charge in [0.25, 0.3) is 0 Å². The van der Waals surface area contributed by atoms with E-state index in [1.54, 1.807) is 11.0 Å². The number of anilines is 1. The number of benzene rings is 3. The fourth-order valence-electron chi connectivity index (χ4n) is 5.53. The van der Waals surface area contributed by atoms with Crippen molar-refractivity contribution in [3.8, 4) is 0 Å². The Balaban J connectivity index is 1.59. The van der Waals surface area contributed by atoms with Crippen LogP contribution in [0.5, 0.6) is 0 Å². The second kappa shape index (κ2) is 14.8. The fourth-order valence-corrected chi connectivity index (χ4v) is 6.82. The molecule has 0 spiro atoms. The lowest BCUT2D eigenvalue weighted by molar-refractivity contribution is -0.141. The molecule has 4 rings (SSSR count). The molecular formula is C33H40BrN3O4S. The quantitative estimate of drug-likeness (QED) is 0.245. The van der Waals surface area contributed by atoms with Gasteiger partial charge in [-0.25, -0.2) is 8.42 Å². The minimum atomic E-state index is -3.56. The van der Waals surface area contributed by atoms with Crippen LogP contribution in [0.25, 0.3) is 0 Å². The highest BCUT2D eigenvalue weighted by Crippen LogP contribution is 2.24. The van der Waals surface area contributed by atoms with E-state index < -0.39 is 16.1 Å². The van der Waals surface area contributed by atoms with E-state index in [0.717, 1.165) is 46.8 Å². The number of rotatable bonds is 13. The third-order valence-electron chi connectivity index (χ3n) is 7.78. The summed E-state index contributed by atoms with van der Waals surface area (Å²) in [5.41, 5.74) is 3.34. The number of nitrogens with zero attached hydrogens (tertiary/aromatic N) is 2. The number of sulfonamides is 1. The Morgan fingerprint density at radius 1 is 0.929 bits per heavy atom. The van der Waals surface area contributed by atoms with Gasteiger partial charge in [0.05, 0.1) is 11.9 Å². The summed E-state index contributed by atoms with van der Waals surface area (Å²) in [6.45, 7) is 2.31. The van der Waals surface area contributed by atoms with Crippen molar-refractivity contribution in [1.82, 2.24) is 10.2 Å². The molecule has 3 aromatic carbocycles. The zero-order chi connectivity index (χ0) is 30.1. The standard InChI is InChI=1S/C33H40BrN3O4S/c1-25-11-6-9-16-30(25)37(42(2,40)41)22-10-17-32(38)36(24-27-18-20-28(34)21-19-27)31(23-26-12-4-3-5-13-26)33(39)35-29-14-7-8-15-29/h3-6,9,11-13,16,18-21,29,31H,7-8,10,14-15,17,22-24H2,1-2H3,(H,35,39)/t31-/m0/s1. The van der Waals surface area contributed by atoms with E-state index in [1.165, 1.54) is 10.6 Å².